The highest BCUT2D eigenvalue weighted by Gasteiger charge is 2.26. The Morgan fingerprint density at radius 3 is 2.52 bits per heavy atom. The summed E-state index contributed by atoms with van der Waals surface area (Å²) >= 11 is 6.44. The van der Waals surface area contributed by atoms with Crippen LogP contribution in [0.1, 0.15) is 13.3 Å². The second-order valence-electron chi connectivity index (χ2n) is 4.19. The average molecular weight is 444 g/mol. The molecular formula is C12H16Br2N2O4S. The molecule has 1 aromatic rings. The van der Waals surface area contributed by atoms with Gasteiger partial charge in [-0.25, -0.2) is 12.7 Å². The minimum absolute atomic E-state index is 0.0162. The molecule has 0 saturated carbocycles. The molecular weight excluding hydrogens is 428 g/mol. The lowest BCUT2D eigenvalue weighted by atomic mass is 10.3. The lowest BCUT2D eigenvalue weighted by Crippen LogP contribution is -2.30. The van der Waals surface area contributed by atoms with Crippen LogP contribution in [0.4, 0.5) is 5.69 Å². The zero-order valence-corrected chi connectivity index (χ0v) is 15.6. The van der Waals surface area contributed by atoms with Gasteiger partial charge in [0.1, 0.15) is 4.90 Å². The van der Waals surface area contributed by atoms with Crippen LogP contribution in [0.25, 0.3) is 0 Å². The lowest BCUT2D eigenvalue weighted by molar-refractivity contribution is -0.143. The number of benzene rings is 1. The second kappa shape index (κ2) is 7.57. The van der Waals surface area contributed by atoms with Crippen LogP contribution in [-0.2, 0) is 19.6 Å². The highest BCUT2D eigenvalue weighted by Crippen LogP contribution is 2.33. The third-order valence-electron chi connectivity index (χ3n) is 2.64. The Labute approximate surface area is 140 Å². The van der Waals surface area contributed by atoms with Crippen molar-refractivity contribution in [2.75, 3.05) is 25.9 Å². The minimum Gasteiger partial charge on any atom is -0.466 e. The summed E-state index contributed by atoms with van der Waals surface area (Å²) in [5.74, 6) is -0.442. The topological polar surface area (TPSA) is 89.7 Å². The van der Waals surface area contributed by atoms with Gasteiger partial charge in [0.05, 0.1) is 18.7 Å². The first-order chi connectivity index (χ1) is 9.70. The molecule has 118 valence electrons. The number of rotatable bonds is 6. The molecule has 0 spiro atoms. The molecule has 1 rings (SSSR count). The molecule has 9 heteroatoms. The van der Waals surface area contributed by atoms with Crippen LogP contribution < -0.4 is 5.73 Å². The zero-order chi connectivity index (χ0) is 16.2. The first-order valence-corrected chi connectivity index (χ1v) is 9.09. The van der Waals surface area contributed by atoms with Crippen molar-refractivity contribution in [1.82, 2.24) is 4.31 Å². The van der Waals surface area contributed by atoms with E-state index in [1.165, 1.54) is 13.1 Å². The predicted molar refractivity (Wildman–Crippen MR) is 87.3 cm³/mol. The summed E-state index contributed by atoms with van der Waals surface area (Å²) < 4.78 is 31.9. The average Bonchev–Trinajstić information content (AvgIpc) is 2.34. The van der Waals surface area contributed by atoms with E-state index in [9.17, 15) is 13.2 Å². The van der Waals surface area contributed by atoms with Gasteiger partial charge >= 0.3 is 5.97 Å². The third kappa shape index (κ3) is 4.67. The van der Waals surface area contributed by atoms with E-state index in [1.807, 2.05) is 0 Å². The summed E-state index contributed by atoms with van der Waals surface area (Å²) in [5.41, 5.74) is 5.92. The summed E-state index contributed by atoms with van der Waals surface area (Å²) in [6.45, 7) is 1.97. The summed E-state index contributed by atoms with van der Waals surface area (Å²) in [6.07, 6.45) is -0.0162. The normalized spacial score (nSPS) is 11.7. The number of nitrogens with two attached hydrogens (primary N) is 1. The van der Waals surface area contributed by atoms with Crippen LogP contribution in [0.5, 0.6) is 0 Å². The number of hydrogen-bond donors (Lipinski definition) is 1. The maximum absolute atomic E-state index is 12.5. The molecule has 0 saturated heterocycles. The Morgan fingerprint density at radius 1 is 1.38 bits per heavy atom. The number of nitrogen functional groups attached to an aromatic ring is 1. The Hall–Kier alpha value is -0.640. The SMILES string of the molecule is CCOC(=O)CCN(C)S(=O)(=O)c1c(N)cc(Br)cc1Br. The van der Waals surface area contributed by atoms with Crippen molar-refractivity contribution in [1.29, 1.82) is 0 Å². The molecule has 0 aromatic heterocycles. The van der Waals surface area contributed by atoms with Crippen LogP contribution in [0.2, 0.25) is 0 Å². The zero-order valence-electron chi connectivity index (χ0n) is 11.6. The maximum atomic E-state index is 12.5. The van der Waals surface area contributed by atoms with E-state index in [0.29, 0.717) is 8.95 Å². The molecule has 0 aliphatic rings. The van der Waals surface area contributed by atoms with Gasteiger partial charge in [-0.15, -0.1) is 0 Å². The molecule has 1 aromatic carbocycles. The molecule has 0 aliphatic carbocycles. The molecule has 0 unspecified atom stereocenters. The van der Waals surface area contributed by atoms with E-state index in [4.69, 9.17) is 10.5 Å². The number of sulfonamides is 1. The summed E-state index contributed by atoms with van der Waals surface area (Å²) in [7, 11) is -2.40. The van der Waals surface area contributed by atoms with Gasteiger partial charge in [-0.1, -0.05) is 15.9 Å². The molecule has 0 atom stereocenters. The van der Waals surface area contributed by atoms with Crippen molar-refractivity contribution < 1.29 is 17.9 Å². The van der Waals surface area contributed by atoms with Crippen molar-refractivity contribution >= 4 is 53.5 Å². The molecule has 6 nitrogen and oxygen atoms in total. The van der Waals surface area contributed by atoms with Crippen molar-refractivity contribution in [2.24, 2.45) is 0 Å². The fourth-order valence-corrected chi connectivity index (χ4v) is 4.79. The van der Waals surface area contributed by atoms with Gasteiger partial charge in [-0.2, -0.15) is 0 Å². The fraction of sp³-hybridized carbons (Fsp3) is 0.417. The quantitative estimate of drug-likeness (QED) is 0.538. The Balaban J connectivity index is 2.98. The molecule has 0 amide bonds. The van der Waals surface area contributed by atoms with Crippen molar-refractivity contribution in [3.05, 3.63) is 21.1 Å². The van der Waals surface area contributed by atoms with Gasteiger partial charge in [0, 0.05) is 22.5 Å². The fourth-order valence-electron chi connectivity index (χ4n) is 1.61. The van der Waals surface area contributed by atoms with E-state index in [2.05, 4.69) is 31.9 Å². The van der Waals surface area contributed by atoms with E-state index >= 15 is 0 Å². The van der Waals surface area contributed by atoms with E-state index in [0.717, 1.165) is 4.31 Å². The third-order valence-corrected chi connectivity index (χ3v) is 5.96. The number of nitrogens with zero attached hydrogens (tertiary/aromatic N) is 1. The number of halogens is 2. The number of esters is 1. The molecule has 0 radical (unpaired) electrons. The monoisotopic (exact) mass is 442 g/mol. The molecule has 0 aliphatic heterocycles. The maximum Gasteiger partial charge on any atom is 0.307 e. The van der Waals surface area contributed by atoms with Crippen molar-refractivity contribution in [3.8, 4) is 0 Å². The van der Waals surface area contributed by atoms with E-state index < -0.39 is 16.0 Å². The van der Waals surface area contributed by atoms with Crippen LogP contribution in [0, 0.1) is 0 Å². The van der Waals surface area contributed by atoms with Gasteiger partial charge in [0.2, 0.25) is 10.0 Å². The van der Waals surface area contributed by atoms with Crippen molar-refractivity contribution in [3.63, 3.8) is 0 Å². The number of anilines is 1. The highest BCUT2D eigenvalue weighted by atomic mass is 79.9. The Kier molecular flexibility index (Phi) is 6.64. The number of hydrogen-bond acceptors (Lipinski definition) is 5. The predicted octanol–water partition coefficient (Wildman–Crippen LogP) is 2.37. The number of carbonyl (C=O) groups is 1. The van der Waals surface area contributed by atoms with Crippen LogP contribution >= 0.6 is 31.9 Å². The largest absolute Gasteiger partial charge is 0.466 e. The summed E-state index contributed by atoms with van der Waals surface area (Å²) in [4.78, 5) is 11.3. The van der Waals surface area contributed by atoms with Crippen LogP contribution in [0.15, 0.2) is 26.0 Å². The minimum atomic E-state index is -3.79. The standard InChI is InChI=1S/C12H16Br2N2O4S/c1-3-20-11(17)4-5-16(2)21(18,19)12-9(14)6-8(13)7-10(12)15/h6-7H,3-5,15H2,1-2H3. The summed E-state index contributed by atoms with van der Waals surface area (Å²) in [5, 5.41) is 0. The first kappa shape index (κ1) is 18.4. The van der Waals surface area contributed by atoms with Gasteiger partial charge in [0.25, 0.3) is 0 Å². The van der Waals surface area contributed by atoms with E-state index in [1.54, 1.807) is 13.0 Å². The smallest absolute Gasteiger partial charge is 0.307 e. The molecule has 21 heavy (non-hydrogen) atoms. The van der Waals surface area contributed by atoms with Crippen LogP contribution in [-0.4, -0.2) is 38.9 Å². The molecule has 2 N–H and O–H groups in total. The Morgan fingerprint density at radius 2 is 2.00 bits per heavy atom. The van der Waals surface area contributed by atoms with Gasteiger partial charge in [0.15, 0.2) is 0 Å². The number of carbonyl (C=O) groups excluding carboxylic acids is 1. The molecule has 0 bridgehead atoms. The van der Waals surface area contributed by atoms with Crippen LogP contribution in [0.3, 0.4) is 0 Å². The van der Waals surface area contributed by atoms with Gasteiger partial charge in [-0.3, -0.25) is 4.79 Å². The molecule has 0 fully saturated rings. The first-order valence-electron chi connectivity index (χ1n) is 6.06. The van der Waals surface area contributed by atoms with Gasteiger partial charge < -0.3 is 10.5 Å². The lowest BCUT2D eigenvalue weighted by Gasteiger charge is -2.19. The summed E-state index contributed by atoms with van der Waals surface area (Å²) in [6, 6.07) is 3.11. The van der Waals surface area contributed by atoms with E-state index in [-0.39, 0.29) is 30.2 Å². The van der Waals surface area contributed by atoms with Crippen molar-refractivity contribution in [2.45, 2.75) is 18.2 Å². The Bertz CT molecular complexity index is 611. The number of ether oxygens (including phenoxy) is 1. The van der Waals surface area contributed by atoms with Gasteiger partial charge in [-0.05, 0) is 35.0 Å². The highest BCUT2D eigenvalue weighted by molar-refractivity contribution is 9.11. The molecule has 0 heterocycles. The second-order valence-corrected chi connectivity index (χ2v) is 7.94.